The zero-order chi connectivity index (χ0) is 30.8. The molecule has 4 rings (SSSR count). The zero-order valence-corrected chi connectivity index (χ0v) is 25.1. The Morgan fingerprint density at radius 2 is 1.72 bits per heavy atom. The summed E-state index contributed by atoms with van der Waals surface area (Å²) in [6.07, 6.45) is 3.75. The molecular weight excluding hydrogens is 547 g/mol. The van der Waals surface area contributed by atoms with E-state index < -0.39 is 11.2 Å². The summed E-state index contributed by atoms with van der Waals surface area (Å²) in [5.74, 6) is -0.632. The van der Waals surface area contributed by atoms with E-state index in [2.05, 4.69) is 26.3 Å². The predicted molar refractivity (Wildman–Crippen MR) is 166 cm³/mol. The molecule has 0 bridgehead atoms. The fourth-order valence-electron chi connectivity index (χ4n) is 5.47. The lowest BCUT2D eigenvalue weighted by Crippen LogP contribution is -2.49. The van der Waals surface area contributed by atoms with Crippen LogP contribution in [-0.2, 0) is 40.3 Å². The van der Waals surface area contributed by atoms with Crippen LogP contribution in [0.2, 0.25) is 0 Å². The molecule has 1 aromatic heterocycles. The van der Waals surface area contributed by atoms with Gasteiger partial charge >= 0.3 is 0 Å². The number of aryl methyl sites for hydroxylation is 1. The van der Waals surface area contributed by atoms with Gasteiger partial charge in [-0.15, -0.1) is 0 Å². The summed E-state index contributed by atoms with van der Waals surface area (Å²) in [5.41, 5.74) is 3.21. The first-order valence-corrected chi connectivity index (χ1v) is 14.8. The molecule has 43 heavy (non-hydrogen) atoms. The fourth-order valence-corrected chi connectivity index (χ4v) is 5.47. The lowest BCUT2D eigenvalue weighted by atomic mass is 9.79. The van der Waals surface area contributed by atoms with Gasteiger partial charge in [0, 0.05) is 30.4 Å². The van der Waals surface area contributed by atoms with Crippen LogP contribution in [0.1, 0.15) is 48.9 Å². The minimum Gasteiger partial charge on any atom is -0.329 e. The first-order valence-electron chi connectivity index (χ1n) is 14.8. The topological polar surface area (TPSA) is 115 Å². The van der Waals surface area contributed by atoms with E-state index in [0.717, 1.165) is 23.1 Å². The van der Waals surface area contributed by atoms with Gasteiger partial charge in [-0.25, -0.2) is 9.37 Å². The largest absolute Gasteiger partial charge is 0.329 e. The SMILES string of the molecule is CCc1ccc(NC(=O)CN(Cc2cc(F)ccc2CNC)C(=O)C2(C)CCNCC2)cc1CC(=O)Nc1ccccn1. The van der Waals surface area contributed by atoms with Crippen molar-refractivity contribution in [2.45, 2.75) is 52.6 Å². The number of halogens is 1. The lowest BCUT2D eigenvalue weighted by Gasteiger charge is -2.37. The van der Waals surface area contributed by atoms with Gasteiger partial charge < -0.3 is 26.2 Å². The predicted octanol–water partition coefficient (Wildman–Crippen LogP) is 4.04. The van der Waals surface area contributed by atoms with Crippen LogP contribution in [0, 0.1) is 11.2 Å². The second-order valence-electron chi connectivity index (χ2n) is 11.2. The quantitative estimate of drug-likeness (QED) is 0.254. The molecule has 0 atom stereocenters. The molecule has 0 unspecified atom stereocenters. The van der Waals surface area contributed by atoms with Crippen LogP contribution in [0.25, 0.3) is 0 Å². The molecule has 228 valence electrons. The number of carbonyl (C=O) groups is 3. The zero-order valence-electron chi connectivity index (χ0n) is 25.1. The number of nitrogens with zero attached hydrogens (tertiary/aromatic N) is 2. The maximum Gasteiger partial charge on any atom is 0.244 e. The second-order valence-corrected chi connectivity index (χ2v) is 11.2. The average molecular weight is 589 g/mol. The highest BCUT2D eigenvalue weighted by Gasteiger charge is 2.38. The monoisotopic (exact) mass is 588 g/mol. The third-order valence-electron chi connectivity index (χ3n) is 7.90. The van der Waals surface area contributed by atoms with E-state index in [1.807, 2.05) is 19.9 Å². The van der Waals surface area contributed by atoms with Gasteiger partial charge in [-0.2, -0.15) is 0 Å². The van der Waals surface area contributed by atoms with E-state index in [0.29, 0.717) is 49.5 Å². The summed E-state index contributed by atoms with van der Waals surface area (Å²) in [6.45, 7) is 5.80. The third-order valence-corrected chi connectivity index (χ3v) is 7.90. The van der Waals surface area contributed by atoms with Crippen molar-refractivity contribution >= 4 is 29.2 Å². The number of pyridine rings is 1. The van der Waals surface area contributed by atoms with E-state index in [9.17, 15) is 18.8 Å². The number of rotatable bonds is 12. The summed E-state index contributed by atoms with van der Waals surface area (Å²) >= 11 is 0. The van der Waals surface area contributed by atoms with Crippen LogP contribution in [-0.4, -0.2) is 54.3 Å². The number of benzene rings is 2. The van der Waals surface area contributed by atoms with Crippen molar-refractivity contribution in [3.63, 3.8) is 0 Å². The first kappa shape index (κ1) is 31.8. The van der Waals surface area contributed by atoms with Crippen LogP contribution < -0.4 is 21.3 Å². The van der Waals surface area contributed by atoms with Crippen LogP contribution in [0.5, 0.6) is 0 Å². The Balaban J connectivity index is 1.52. The van der Waals surface area contributed by atoms with Gasteiger partial charge in [-0.05, 0) is 98.1 Å². The third kappa shape index (κ3) is 8.68. The molecule has 2 aromatic carbocycles. The molecule has 0 saturated carbocycles. The van der Waals surface area contributed by atoms with E-state index in [4.69, 9.17) is 0 Å². The number of aromatic nitrogens is 1. The Hall–Kier alpha value is -4.15. The first-order chi connectivity index (χ1) is 20.7. The Labute approximate surface area is 252 Å². The lowest BCUT2D eigenvalue weighted by molar-refractivity contribution is -0.145. The molecule has 1 saturated heterocycles. The van der Waals surface area contributed by atoms with Crippen molar-refractivity contribution in [3.05, 3.63) is 88.9 Å². The molecule has 2 heterocycles. The normalized spacial score (nSPS) is 14.1. The molecule has 9 nitrogen and oxygen atoms in total. The average Bonchev–Trinajstić information content (AvgIpc) is 2.99. The highest BCUT2D eigenvalue weighted by molar-refractivity contribution is 5.96. The van der Waals surface area contributed by atoms with Crippen LogP contribution in [0.15, 0.2) is 60.8 Å². The Morgan fingerprint density at radius 1 is 0.953 bits per heavy atom. The van der Waals surface area contributed by atoms with Gasteiger partial charge in [0.2, 0.25) is 17.7 Å². The van der Waals surface area contributed by atoms with E-state index >= 15 is 0 Å². The van der Waals surface area contributed by atoms with Gasteiger partial charge in [0.25, 0.3) is 0 Å². The summed E-state index contributed by atoms with van der Waals surface area (Å²) in [7, 11) is 1.81. The minimum absolute atomic E-state index is 0.109. The number of anilines is 2. The van der Waals surface area contributed by atoms with Gasteiger partial charge in [0.15, 0.2) is 0 Å². The smallest absolute Gasteiger partial charge is 0.244 e. The van der Waals surface area contributed by atoms with Crippen LogP contribution in [0.3, 0.4) is 0 Å². The number of hydrogen-bond acceptors (Lipinski definition) is 6. The Bertz CT molecular complexity index is 1430. The van der Waals surface area contributed by atoms with Gasteiger partial charge in [0.05, 0.1) is 6.42 Å². The molecule has 0 spiro atoms. The number of hydrogen-bond donors (Lipinski definition) is 4. The number of amides is 3. The summed E-state index contributed by atoms with van der Waals surface area (Å²) < 4.78 is 14.3. The van der Waals surface area contributed by atoms with E-state index in [1.165, 1.54) is 17.0 Å². The molecule has 0 radical (unpaired) electrons. The molecule has 4 N–H and O–H groups in total. The summed E-state index contributed by atoms with van der Waals surface area (Å²) in [4.78, 5) is 45.8. The van der Waals surface area contributed by atoms with Crippen LogP contribution >= 0.6 is 0 Å². The van der Waals surface area contributed by atoms with Crippen molar-refractivity contribution < 1.29 is 18.8 Å². The molecule has 10 heteroatoms. The molecule has 1 aliphatic rings. The van der Waals surface area contributed by atoms with Crippen molar-refractivity contribution in [1.29, 1.82) is 0 Å². The number of piperidine rings is 1. The van der Waals surface area contributed by atoms with E-state index in [1.54, 1.807) is 49.6 Å². The van der Waals surface area contributed by atoms with Crippen molar-refractivity contribution in [1.82, 2.24) is 20.5 Å². The van der Waals surface area contributed by atoms with Gasteiger partial charge in [-0.1, -0.05) is 32.0 Å². The molecular formula is C33H41FN6O3. The second kappa shape index (κ2) is 14.8. The summed E-state index contributed by atoms with van der Waals surface area (Å²) in [5, 5.41) is 12.1. The Kier molecular flexibility index (Phi) is 11.0. The molecule has 0 aliphatic carbocycles. The van der Waals surface area contributed by atoms with Crippen molar-refractivity contribution in [3.8, 4) is 0 Å². The van der Waals surface area contributed by atoms with Gasteiger partial charge in [-0.3, -0.25) is 14.4 Å². The highest BCUT2D eigenvalue weighted by atomic mass is 19.1. The maximum atomic E-state index is 14.3. The standard InChI is InChI=1S/C33H41FN6O3/c1-4-23-9-11-28(18-25(23)19-30(41)39-29-7-5-6-14-37-29)38-31(42)22-40(32(43)33(2)12-15-36-16-13-33)21-26-17-27(34)10-8-24(26)20-35-3/h5-11,14,17-18,35-36H,4,12-13,15-16,19-22H2,1-3H3,(H,38,42)(H,37,39,41). The summed E-state index contributed by atoms with van der Waals surface area (Å²) in [6, 6.07) is 15.3. The van der Waals surface area contributed by atoms with Gasteiger partial charge in [0.1, 0.15) is 18.2 Å². The Morgan fingerprint density at radius 3 is 2.42 bits per heavy atom. The highest BCUT2D eigenvalue weighted by Crippen LogP contribution is 2.31. The fraction of sp³-hybridized carbons (Fsp3) is 0.394. The number of nitrogens with one attached hydrogen (secondary N) is 4. The molecule has 1 fully saturated rings. The molecule has 3 amide bonds. The van der Waals surface area contributed by atoms with E-state index in [-0.39, 0.29) is 37.2 Å². The molecule has 1 aliphatic heterocycles. The molecule has 3 aromatic rings. The van der Waals surface area contributed by atoms with Crippen molar-refractivity contribution in [2.75, 3.05) is 37.3 Å². The minimum atomic E-state index is -0.626. The van der Waals surface area contributed by atoms with Crippen molar-refractivity contribution in [2.24, 2.45) is 5.41 Å². The number of carbonyl (C=O) groups excluding carboxylic acids is 3. The maximum absolute atomic E-state index is 14.3. The van der Waals surface area contributed by atoms with Crippen LogP contribution in [0.4, 0.5) is 15.9 Å².